The number of halogens is 1. The molecule has 0 aliphatic carbocycles. The first-order valence-electron chi connectivity index (χ1n) is 3.37. The molecular weight excluding hydrogens is 240 g/mol. The zero-order valence-corrected chi connectivity index (χ0v) is 8.41. The summed E-state index contributed by atoms with van der Waals surface area (Å²) >= 11 is 4.93. The van der Waals surface area contributed by atoms with Gasteiger partial charge in [-0.3, -0.25) is 4.79 Å². The molecule has 0 unspecified atom stereocenters. The normalized spacial score (nSPS) is 16.1. The molecule has 1 N–H and O–H groups in total. The Kier molecular flexibility index (Phi) is 1.98. The predicted molar refractivity (Wildman–Crippen MR) is 51.3 cm³/mol. The molecular formula is C7H5BrN2OS. The fourth-order valence-corrected chi connectivity index (χ4v) is 2.35. The number of rotatable bonds is 1. The van der Waals surface area contributed by atoms with Gasteiger partial charge in [0.25, 0.3) is 0 Å². The Morgan fingerprint density at radius 1 is 1.58 bits per heavy atom. The summed E-state index contributed by atoms with van der Waals surface area (Å²) in [6.45, 7) is 0. The lowest BCUT2D eigenvalue weighted by atomic mass is 10.2. The van der Waals surface area contributed by atoms with Crippen LogP contribution in [0.1, 0.15) is 11.3 Å². The highest BCUT2D eigenvalue weighted by Gasteiger charge is 2.17. The van der Waals surface area contributed by atoms with Crippen molar-refractivity contribution in [1.29, 1.82) is 0 Å². The van der Waals surface area contributed by atoms with Gasteiger partial charge in [-0.15, -0.1) is 11.3 Å². The molecule has 2 heterocycles. The van der Waals surface area contributed by atoms with Crippen molar-refractivity contribution in [3.63, 3.8) is 0 Å². The maximum absolute atomic E-state index is 10.8. The van der Waals surface area contributed by atoms with Crippen molar-refractivity contribution in [2.24, 2.45) is 5.10 Å². The SMILES string of the molecule is O=C1CC(c2ccc(Br)s2)=NN1. The van der Waals surface area contributed by atoms with Crippen molar-refractivity contribution in [3.8, 4) is 0 Å². The van der Waals surface area contributed by atoms with E-state index in [1.165, 1.54) is 0 Å². The van der Waals surface area contributed by atoms with Crippen LogP contribution in [0.2, 0.25) is 0 Å². The van der Waals surface area contributed by atoms with Gasteiger partial charge in [-0.1, -0.05) is 0 Å². The molecule has 5 heteroatoms. The number of hydrogen-bond donors (Lipinski definition) is 1. The minimum absolute atomic E-state index is 0.0328. The van der Waals surface area contributed by atoms with E-state index in [4.69, 9.17) is 0 Å². The van der Waals surface area contributed by atoms with Crippen molar-refractivity contribution >= 4 is 38.9 Å². The van der Waals surface area contributed by atoms with Gasteiger partial charge in [-0.25, -0.2) is 5.43 Å². The Morgan fingerprint density at radius 2 is 2.42 bits per heavy atom. The van der Waals surface area contributed by atoms with Crippen molar-refractivity contribution in [2.45, 2.75) is 6.42 Å². The maximum Gasteiger partial charge on any atom is 0.246 e. The summed E-state index contributed by atoms with van der Waals surface area (Å²) in [5, 5.41) is 3.91. The average molecular weight is 245 g/mol. The smallest absolute Gasteiger partial charge is 0.246 e. The van der Waals surface area contributed by atoms with Gasteiger partial charge in [0.1, 0.15) is 0 Å². The second-order valence-electron chi connectivity index (χ2n) is 2.37. The molecule has 1 aromatic heterocycles. The first-order valence-corrected chi connectivity index (χ1v) is 4.98. The van der Waals surface area contributed by atoms with E-state index < -0.39 is 0 Å². The van der Waals surface area contributed by atoms with Crippen molar-refractivity contribution in [1.82, 2.24) is 5.43 Å². The molecule has 1 amide bonds. The number of amides is 1. The number of hydrogen-bond acceptors (Lipinski definition) is 3. The van der Waals surface area contributed by atoms with Crippen LogP contribution in [0.4, 0.5) is 0 Å². The minimum atomic E-state index is -0.0328. The van der Waals surface area contributed by atoms with E-state index in [2.05, 4.69) is 26.5 Å². The Balaban J connectivity index is 2.27. The molecule has 1 aliphatic rings. The molecule has 0 spiro atoms. The number of carbonyl (C=O) groups excluding carboxylic acids is 1. The molecule has 0 saturated carbocycles. The second-order valence-corrected chi connectivity index (χ2v) is 4.84. The summed E-state index contributed by atoms with van der Waals surface area (Å²) in [6, 6.07) is 3.90. The zero-order chi connectivity index (χ0) is 8.55. The van der Waals surface area contributed by atoms with Gasteiger partial charge < -0.3 is 0 Å². The lowest BCUT2D eigenvalue weighted by molar-refractivity contribution is -0.119. The molecule has 0 saturated heterocycles. The Bertz CT molecular complexity index is 358. The summed E-state index contributed by atoms with van der Waals surface area (Å²) < 4.78 is 1.06. The molecule has 62 valence electrons. The fraction of sp³-hybridized carbons (Fsp3) is 0.143. The van der Waals surface area contributed by atoms with Crippen LogP contribution in [0, 0.1) is 0 Å². The van der Waals surface area contributed by atoms with E-state index in [9.17, 15) is 4.79 Å². The van der Waals surface area contributed by atoms with Crippen LogP contribution in [0.15, 0.2) is 21.0 Å². The van der Waals surface area contributed by atoms with E-state index in [1.807, 2.05) is 12.1 Å². The Hall–Kier alpha value is -0.680. The average Bonchev–Trinajstić information content (AvgIpc) is 2.58. The predicted octanol–water partition coefficient (Wildman–Crippen LogP) is 1.73. The van der Waals surface area contributed by atoms with Gasteiger partial charge in [-0.2, -0.15) is 5.10 Å². The molecule has 3 nitrogen and oxygen atoms in total. The largest absolute Gasteiger partial charge is 0.273 e. The van der Waals surface area contributed by atoms with E-state index >= 15 is 0 Å². The van der Waals surface area contributed by atoms with Crippen molar-refractivity contribution in [3.05, 3.63) is 20.8 Å². The molecule has 12 heavy (non-hydrogen) atoms. The van der Waals surface area contributed by atoms with E-state index in [1.54, 1.807) is 11.3 Å². The molecule has 0 atom stereocenters. The fourth-order valence-electron chi connectivity index (χ4n) is 0.973. The topological polar surface area (TPSA) is 41.5 Å². The van der Waals surface area contributed by atoms with Gasteiger partial charge in [0, 0.05) is 0 Å². The van der Waals surface area contributed by atoms with Gasteiger partial charge in [-0.05, 0) is 28.1 Å². The molecule has 1 aromatic rings. The van der Waals surface area contributed by atoms with Crippen LogP contribution in [-0.4, -0.2) is 11.6 Å². The van der Waals surface area contributed by atoms with Crippen molar-refractivity contribution in [2.75, 3.05) is 0 Å². The van der Waals surface area contributed by atoms with Crippen LogP contribution in [0.25, 0.3) is 0 Å². The van der Waals surface area contributed by atoms with E-state index in [0.29, 0.717) is 6.42 Å². The summed E-state index contributed by atoms with van der Waals surface area (Å²) in [6.07, 6.45) is 0.396. The summed E-state index contributed by atoms with van der Waals surface area (Å²) in [5.74, 6) is -0.0328. The number of nitrogens with one attached hydrogen (secondary N) is 1. The molecule has 0 bridgehead atoms. The number of nitrogens with zero attached hydrogens (tertiary/aromatic N) is 1. The van der Waals surface area contributed by atoms with Gasteiger partial charge >= 0.3 is 0 Å². The van der Waals surface area contributed by atoms with Crippen LogP contribution >= 0.6 is 27.3 Å². The maximum atomic E-state index is 10.8. The van der Waals surface area contributed by atoms with Gasteiger partial charge in [0.15, 0.2) is 0 Å². The highest BCUT2D eigenvalue weighted by Crippen LogP contribution is 2.24. The van der Waals surface area contributed by atoms with E-state index in [0.717, 1.165) is 14.4 Å². The third-order valence-corrected chi connectivity index (χ3v) is 3.17. The first-order chi connectivity index (χ1) is 5.75. The monoisotopic (exact) mass is 244 g/mol. The van der Waals surface area contributed by atoms with E-state index in [-0.39, 0.29) is 5.91 Å². The highest BCUT2D eigenvalue weighted by molar-refractivity contribution is 9.11. The zero-order valence-electron chi connectivity index (χ0n) is 6.00. The third-order valence-electron chi connectivity index (χ3n) is 1.50. The Morgan fingerprint density at radius 3 is 2.92 bits per heavy atom. The second kappa shape index (κ2) is 2.99. The van der Waals surface area contributed by atoms with Crippen molar-refractivity contribution < 1.29 is 4.79 Å². The lowest BCUT2D eigenvalue weighted by Crippen LogP contribution is -2.09. The molecule has 2 rings (SSSR count). The number of thiophene rings is 1. The van der Waals surface area contributed by atoms with Gasteiger partial charge in [0.2, 0.25) is 5.91 Å². The van der Waals surface area contributed by atoms with Crippen LogP contribution < -0.4 is 5.43 Å². The van der Waals surface area contributed by atoms with Crippen LogP contribution in [0.5, 0.6) is 0 Å². The number of carbonyl (C=O) groups is 1. The molecule has 0 radical (unpaired) electrons. The molecule has 0 fully saturated rings. The highest BCUT2D eigenvalue weighted by atomic mass is 79.9. The molecule has 0 aromatic carbocycles. The van der Waals surface area contributed by atoms with Crippen LogP contribution in [-0.2, 0) is 4.79 Å². The standard InChI is InChI=1S/C7H5BrN2OS/c8-6-2-1-5(12-6)4-3-7(11)10-9-4/h1-2H,3H2,(H,10,11). The summed E-state index contributed by atoms with van der Waals surface area (Å²) in [4.78, 5) is 11.8. The number of hydrazone groups is 1. The minimum Gasteiger partial charge on any atom is -0.273 e. The quantitative estimate of drug-likeness (QED) is 0.804. The summed E-state index contributed by atoms with van der Waals surface area (Å²) in [7, 11) is 0. The summed E-state index contributed by atoms with van der Waals surface area (Å²) in [5.41, 5.74) is 3.25. The molecule has 1 aliphatic heterocycles. The van der Waals surface area contributed by atoms with Gasteiger partial charge in [0.05, 0.1) is 20.8 Å². The first kappa shape index (κ1) is 7.94. The third kappa shape index (κ3) is 1.42. The lowest BCUT2D eigenvalue weighted by Gasteiger charge is -1.88. The van der Waals surface area contributed by atoms with Crippen LogP contribution in [0.3, 0.4) is 0 Å². The Labute approximate surface area is 81.6 Å².